The fourth-order valence-electron chi connectivity index (χ4n) is 4.64. The van der Waals surface area contributed by atoms with E-state index in [2.05, 4.69) is 15.5 Å². The molecule has 0 aliphatic carbocycles. The lowest BCUT2D eigenvalue weighted by Crippen LogP contribution is -2.26. The number of aromatic nitrogens is 4. The van der Waals surface area contributed by atoms with Crippen molar-refractivity contribution in [1.82, 2.24) is 24.5 Å². The van der Waals surface area contributed by atoms with E-state index in [0.29, 0.717) is 46.9 Å². The van der Waals surface area contributed by atoms with Crippen LogP contribution in [0.4, 0.5) is 0 Å². The van der Waals surface area contributed by atoms with Crippen molar-refractivity contribution >= 4 is 34.2 Å². The summed E-state index contributed by atoms with van der Waals surface area (Å²) in [5, 5.41) is 12.8. The number of methoxy groups -OCH3 is 2. The minimum atomic E-state index is -0.178. The van der Waals surface area contributed by atoms with Gasteiger partial charge in [0.05, 0.1) is 31.7 Å². The molecule has 10 heteroatoms. The maximum absolute atomic E-state index is 13.4. The maximum Gasteiger partial charge on any atom is 0.263 e. The minimum Gasteiger partial charge on any atom is -0.497 e. The quantitative estimate of drug-likeness (QED) is 0.284. The number of hydrogen-bond donors (Lipinski definition) is 1. The van der Waals surface area contributed by atoms with E-state index in [1.165, 1.54) is 0 Å². The zero-order valence-corrected chi connectivity index (χ0v) is 22.4. The van der Waals surface area contributed by atoms with Crippen molar-refractivity contribution in [3.05, 3.63) is 99.1 Å². The molecule has 0 atom stereocenters. The molecule has 200 valence electrons. The molecule has 2 heterocycles. The number of rotatable bonds is 10. The second-order valence-corrected chi connectivity index (χ2v) is 9.44. The van der Waals surface area contributed by atoms with Gasteiger partial charge < -0.3 is 14.8 Å². The SMILES string of the molecule is COc1ccc(OC)c(CCNC(=O)CCc2nnc3n(Cc4ccccc4Cl)c(=O)c4ccccc4n23)c1. The molecule has 0 radical (unpaired) electrons. The van der Waals surface area contributed by atoms with Gasteiger partial charge in [0.15, 0.2) is 0 Å². The number of halogens is 1. The Morgan fingerprint density at radius 2 is 1.74 bits per heavy atom. The molecule has 0 saturated heterocycles. The number of fused-ring (bicyclic) bond motifs is 3. The average molecular weight is 546 g/mol. The number of nitrogens with zero attached hydrogens (tertiary/aromatic N) is 4. The van der Waals surface area contributed by atoms with E-state index in [0.717, 1.165) is 22.6 Å². The molecule has 2 aromatic heterocycles. The normalized spacial score (nSPS) is 11.2. The summed E-state index contributed by atoms with van der Waals surface area (Å²) in [6.07, 6.45) is 1.16. The van der Waals surface area contributed by atoms with Crippen molar-refractivity contribution in [2.75, 3.05) is 20.8 Å². The summed E-state index contributed by atoms with van der Waals surface area (Å²) in [6.45, 7) is 0.697. The zero-order valence-electron chi connectivity index (χ0n) is 21.7. The van der Waals surface area contributed by atoms with Gasteiger partial charge in [-0.05, 0) is 53.9 Å². The molecule has 0 saturated carbocycles. The van der Waals surface area contributed by atoms with Gasteiger partial charge in [0, 0.05) is 24.4 Å². The zero-order chi connectivity index (χ0) is 27.4. The van der Waals surface area contributed by atoms with E-state index in [4.69, 9.17) is 21.1 Å². The molecule has 1 N–H and O–H groups in total. The van der Waals surface area contributed by atoms with Crippen molar-refractivity contribution in [2.24, 2.45) is 0 Å². The Hall–Kier alpha value is -4.37. The molecule has 0 spiro atoms. The summed E-state index contributed by atoms with van der Waals surface area (Å²) in [5.41, 5.74) is 2.26. The molecular formula is C29H28ClN5O4. The van der Waals surface area contributed by atoms with E-state index in [-0.39, 0.29) is 24.4 Å². The Bertz CT molecular complexity index is 1710. The van der Waals surface area contributed by atoms with Gasteiger partial charge in [-0.1, -0.05) is 41.9 Å². The van der Waals surface area contributed by atoms with Crippen molar-refractivity contribution in [1.29, 1.82) is 0 Å². The van der Waals surface area contributed by atoms with Gasteiger partial charge in [-0.2, -0.15) is 0 Å². The topological polar surface area (TPSA) is 99.8 Å². The third kappa shape index (κ3) is 5.44. The predicted molar refractivity (Wildman–Crippen MR) is 150 cm³/mol. The molecule has 0 fully saturated rings. The summed E-state index contributed by atoms with van der Waals surface area (Å²) < 4.78 is 14.1. The molecule has 3 aromatic carbocycles. The smallest absolute Gasteiger partial charge is 0.263 e. The lowest BCUT2D eigenvalue weighted by Gasteiger charge is -2.12. The van der Waals surface area contributed by atoms with E-state index in [9.17, 15) is 9.59 Å². The molecule has 39 heavy (non-hydrogen) atoms. The van der Waals surface area contributed by atoms with Crippen LogP contribution in [0.25, 0.3) is 16.7 Å². The summed E-state index contributed by atoms with van der Waals surface area (Å²) in [7, 11) is 3.23. The highest BCUT2D eigenvalue weighted by molar-refractivity contribution is 6.31. The molecule has 0 aliphatic rings. The molecule has 1 amide bonds. The van der Waals surface area contributed by atoms with Gasteiger partial charge >= 0.3 is 0 Å². The van der Waals surface area contributed by atoms with E-state index < -0.39 is 0 Å². The summed E-state index contributed by atoms with van der Waals surface area (Å²) in [4.78, 5) is 26.1. The molecule has 0 aliphatic heterocycles. The first-order chi connectivity index (χ1) is 19.0. The van der Waals surface area contributed by atoms with Crippen molar-refractivity contribution in [3.63, 3.8) is 0 Å². The van der Waals surface area contributed by atoms with Gasteiger partial charge in [-0.3, -0.25) is 18.6 Å². The largest absolute Gasteiger partial charge is 0.497 e. The van der Waals surface area contributed by atoms with Crippen LogP contribution in [0.15, 0.2) is 71.5 Å². The van der Waals surface area contributed by atoms with Gasteiger partial charge in [-0.25, -0.2) is 0 Å². The predicted octanol–water partition coefficient (Wildman–Crippen LogP) is 4.05. The lowest BCUT2D eigenvalue weighted by molar-refractivity contribution is -0.121. The molecule has 0 bridgehead atoms. The first-order valence-electron chi connectivity index (χ1n) is 12.6. The third-order valence-electron chi connectivity index (χ3n) is 6.64. The first-order valence-corrected chi connectivity index (χ1v) is 12.9. The first kappa shape index (κ1) is 26.2. The number of carbonyl (C=O) groups excluding carboxylic acids is 1. The fourth-order valence-corrected chi connectivity index (χ4v) is 4.84. The van der Waals surface area contributed by atoms with Crippen LogP contribution < -0.4 is 20.3 Å². The second kappa shape index (κ2) is 11.6. The van der Waals surface area contributed by atoms with Gasteiger partial charge in [0.25, 0.3) is 5.56 Å². The Morgan fingerprint density at radius 1 is 0.949 bits per heavy atom. The highest BCUT2D eigenvalue weighted by Crippen LogP contribution is 2.24. The lowest BCUT2D eigenvalue weighted by atomic mass is 10.1. The summed E-state index contributed by atoms with van der Waals surface area (Å²) >= 11 is 6.38. The number of ether oxygens (including phenoxy) is 2. The number of benzene rings is 3. The fraction of sp³-hybridized carbons (Fsp3) is 0.241. The summed E-state index contributed by atoms with van der Waals surface area (Å²) in [5.74, 6) is 2.37. The van der Waals surface area contributed by atoms with E-state index in [1.54, 1.807) is 30.9 Å². The van der Waals surface area contributed by atoms with Crippen molar-refractivity contribution in [2.45, 2.75) is 25.8 Å². The second-order valence-electron chi connectivity index (χ2n) is 9.03. The van der Waals surface area contributed by atoms with Crippen LogP contribution in [0.2, 0.25) is 5.02 Å². The van der Waals surface area contributed by atoms with E-state index in [1.807, 2.05) is 59.0 Å². The average Bonchev–Trinajstić information content (AvgIpc) is 3.39. The molecule has 9 nitrogen and oxygen atoms in total. The number of aryl methyl sites for hydroxylation is 1. The van der Waals surface area contributed by atoms with E-state index >= 15 is 0 Å². The number of hydrogen-bond acceptors (Lipinski definition) is 6. The number of nitrogens with one attached hydrogen (secondary N) is 1. The highest BCUT2D eigenvalue weighted by atomic mass is 35.5. The molecular weight excluding hydrogens is 518 g/mol. The Labute approximate surface area is 230 Å². The minimum absolute atomic E-state index is 0.109. The van der Waals surface area contributed by atoms with Crippen LogP contribution in [-0.2, 0) is 24.2 Å². The van der Waals surface area contributed by atoms with Crippen LogP contribution in [0.5, 0.6) is 11.5 Å². The van der Waals surface area contributed by atoms with Crippen LogP contribution in [0.3, 0.4) is 0 Å². The Kier molecular flexibility index (Phi) is 7.79. The number of carbonyl (C=O) groups is 1. The molecule has 5 aromatic rings. The van der Waals surface area contributed by atoms with Crippen LogP contribution in [0.1, 0.15) is 23.4 Å². The highest BCUT2D eigenvalue weighted by Gasteiger charge is 2.18. The third-order valence-corrected chi connectivity index (χ3v) is 7.01. The van der Waals surface area contributed by atoms with Crippen LogP contribution in [0, 0.1) is 0 Å². The van der Waals surface area contributed by atoms with Gasteiger partial charge in [0.2, 0.25) is 11.7 Å². The summed E-state index contributed by atoms with van der Waals surface area (Å²) in [6, 6.07) is 20.3. The van der Waals surface area contributed by atoms with Gasteiger partial charge in [0.1, 0.15) is 17.3 Å². The maximum atomic E-state index is 13.4. The van der Waals surface area contributed by atoms with Crippen LogP contribution >= 0.6 is 11.6 Å². The molecule has 5 rings (SSSR count). The number of para-hydroxylation sites is 1. The Morgan fingerprint density at radius 3 is 2.54 bits per heavy atom. The Balaban J connectivity index is 1.35. The van der Waals surface area contributed by atoms with Crippen LogP contribution in [-0.4, -0.2) is 45.8 Å². The van der Waals surface area contributed by atoms with Crippen molar-refractivity contribution < 1.29 is 14.3 Å². The van der Waals surface area contributed by atoms with Gasteiger partial charge in [-0.15, -0.1) is 10.2 Å². The monoisotopic (exact) mass is 545 g/mol. The van der Waals surface area contributed by atoms with Crippen molar-refractivity contribution in [3.8, 4) is 11.5 Å². The molecule has 0 unspecified atom stereocenters. The number of amides is 1. The standard InChI is InChI=1S/C29H28ClN5O4/c1-38-21-11-12-25(39-2)19(17-21)15-16-31-27(36)14-13-26-32-33-29-34(18-20-7-3-5-9-23(20)30)28(37)22-8-4-6-10-24(22)35(26)29/h3-12,17H,13-16,18H2,1-2H3,(H,31,36).